The number of halogens is 4. The second-order valence-corrected chi connectivity index (χ2v) is 5.12. The molecule has 0 aliphatic rings. The van der Waals surface area contributed by atoms with Crippen LogP contribution in [0.1, 0.15) is 12.5 Å². The van der Waals surface area contributed by atoms with Gasteiger partial charge in [-0.15, -0.1) is 0 Å². The Balaban J connectivity index is 2.87. The number of esters is 1. The number of hydrogen-bond donors (Lipinski definition) is 2. The Bertz CT molecular complexity index is 747. The first-order valence-electron chi connectivity index (χ1n) is 6.65. The SMILES string of the molecule is CNC(=O)NC(=O)[C@H](C)OC(=O)Cn1cc(C(F)(F)F)cc(Cl)c1=O. The molecule has 1 aromatic heterocycles. The Morgan fingerprint density at radius 2 is 1.96 bits per heavy atom. The third kappa shape index (κ3) is 5.78. The molecule has 0 saturated carbocycles. The van der Waals surface area contributed by atoms with E-state index in [2.05, 4.69) is 10.1 Å². The monoisotopic (exact) mass is 383 g/mol. The number of nitrogens with one attached hydrogen (secondary N) is 2. The molecule has 3 amide bonds. The molecule has 0 aliphatic carbocycles. The highest BCUT2D eigenvalue weighted by Gasteiger charge is 2.32. The van der Waals surface area contributed by atoms with Crippen LogP contribution in [0, 0.1) is 0 Å². The summed E-state index contributed by atoms with van der Waals surface area (Å²) in [4.78, 5) is 45.9. The lowest BCUT2D eigenvalue weighted by Crippen LogP contribution is -2.44. The van der Waals surface area contributed by atoms with Crippen LogP contribution >= 0.6 is 11.6 Å². The van der Waals surface area contributed by atoms with Gasteiger partial charge in [-0.3, -0.25) is 19.7 Å². The number of urea groups is 1. The highest BCUT2D eigenvalue weighted by Crippen LogP contribution is 2.29. The zero-order chi connectivity index (χ0) is 19.4. The van der Waals surface area contributed by atoms with Crippen molar-refractivity contribution < 1.29 is 32.3 Å². The average molecular weight is 384 g/mol. The number of amides is 3. The molecule has 0 spiro atoms. The summed E-state index contributed by atoms with van der Waals surface area (Å²) >= 11 is 5.44. The van der Waals surface area contributed by atoms with Crippen molar-refractivity contribution in [3.63, 3.8) is 0 Å². The average Bonchev–Trinajstić information content (AvgIpc) is 2.50. The third-order valence-electron chi connectivity index (χ3n) is 2.81. The van der Waals surface area contributed by atoms with Crippen LogP contribution in [-0.4, -0.2) is 35.6 Å². The van der Waals surface area contributed by atoms with E-state index in [0.29, 0.717) is 16.8 Å². The van der Waals surface area contributed by atoms with E-state index in [1.807, 2.05) is 5.32 Å². The van der Waals surface area contributed by atoms with Crippen LogP contribution in [0.25, 0.3) is 0 Å². The summed E-state index contributed by atoms with van der Waals surface area (Å²) in [5, 5.41) is 3.21. The van der Waals surface area contributed by atoms with Crippen molar-refractivity contribution in [2.24, 2.45) is 0 Å². The molecule has 0 bridgehead atoms. The van der Waals surface area contributed by atoms with E-state index >= 15 is 0 Å². The Morgan fingerprint density at radius 3 is 2.48 bits per heavy atom. The van der Waals surface area contributed by atoms with E-state index in [9.17, 15) is 32.3 Å². The molecular formula is C13H13ClF3N3O5. The molecule has 0 unspecified atom stereocenters. The Morgan fingerprint density at radius 1 is 1.36 bits per heavy atom. The summed E-state index contributed by atoms with van der Waals surface area (Å²) in [6.45, 7) is 0.234. The molecule has 0 aromatic carbocycles. The number of alkyl halides is 3. The minimum atomic E-state index is -4.77. The van der Waals surface area contributed by atoms with E-state index in [0.717, 1.165) is 6.92 Å². The number of carbonyl (C=O) groups excluding carboxylic acids is 3. The number of imide groups is 1. The lowest BCUT2D eigenvalue weighted by molar-refractivity contribution is -0.155. The Labute approximate surface area is 143 Å². The maximum atomic E-state index is 12.7. The number of aromatic nitrogens is 1. The number of ether oxygens (including phenoxy) is 1. The summed E-state index contributed by atoms with van der Waals surface area (Å²) in [5.74, 6) is -2.13. The van der Waals surface area contributed by atoms with Crippen molar-refractivity contribution in [3.8, 4) is 0 Å². The zero-order valence-corrected chi connectivity index (χ0v) is 13.7. The van der Waals surface area contributed by atoms with Crippen molar-refractivity contribution in [1.29, 1.82) is 0 Å². The first-order chi connectivity index (χ1) is 11.5. The molecule has 1 heterocycles. The molecule has 138 valence electrons. The molecule has 0 radical (unpaired) electrons. The van der Waals surface area contributed by atoms with Gasteiger partial charge in [-0.2, -0.15) is 13.2 Å². The van der Waals surface area contributed by atoms with Crippen LogP contribution in [-0.2, 0) is 27.0 Å². The smallest absolute Gasteiger partial charge is 0.417 e. The van der Waals surface area contributed by atoms with Crippen LogP contribution in [0.2, 0.25) is 5.02 Å². The normalized spacial score (nSPS) is 12.2. The Kier molecular flexibility index (Phi) is 6.56. The molecule has 0 saturated heterocycles. The fourth-order valence-electron chi connectivity index (χ4n) is 1.57. The first kappa shape index (κ1) is 20.5. The summed E-state index contributed by atoms with van der Waals surface area (Å²) in [6, 6.07) is -0.403. The molecule has 0 aliphatic heterocycles. The summed E-state index contributed by atoms with van der Waals surface area (Å²) in [5.41, 5.74) is -2.26. The lowest BCUT2D eigenvalue weighted by atomic mass is 10.2. The minimum absolute atomic E-state index is 0.407. The van der Waals surface area contributed by atoms with E-state index in [1.165, 1.54) is 7.05 Å². The van der Waals surface area contributed by atoms with Crippen molar-refractivity contribution >= 4 is 29.5 Å². The predicted molar refractivity (Wildman–Crippen MR) is 78.9 cm³/mol. The van der Waals surface area contributed by atoms with E-state index in [4.69, 9.17) is 11.6 Å². The van der Waals surface area contributed by atoms with Crippen LogP contribution in [0.4, 0.5) is 18.0 Å². The van der Waals surface area contributed by atoms with Crippen LogP contribution in [0.3, 0.4) is 0 Å². The topological polar surface area (TPSA) is 106 Å². The van der Waals surface area contributed by atoms with Crippen LogP contribution in [0.15, 0.2) is 17.1 Å². The highest BCUT2D eigenvalue weighted by molar-refractivity contribution is 6.30. The van der Waals surface area contributed by atoms with Gasteiger partial charge in [0.1, 0.15) is 11.6 Å². The predicted octanol–water partition coefficient (Wildman–Crippen LogP) is 0.908. The standard InChI is InChI=1S/C13H13ClF3N3O5/c1-6(10(22)19-12(24)18-2)25-9(21)5-20-4-7(13(15,16)17)3-8(14)11(20)23/h3-4,6H,5H2,1-2H3,(H2,18,19,22,24)/t6-/m0/s1. The lowest BCUT2D eigenvalue weighted by Gasteiger charge is -2.14. The first-order valence-corrected chi connectivity index (χ1v) is 7.02. The number of hydrogen-bond acceptors (Lipinski definition) is 5. The molecule has 2 N–H and O–H groups in total. The number of nitrogens with zero attached hydrogens (tertiary/aromatic N) is 1. The molecule has 12 heteroatoms. The molecular weight excluding hydrogens is 371 g/mol. The zero-order valence-electron chi connectivity index (χ0n) is 12.9. The van der Waals surface area contributed by atoms with Gasteiger partial charge < -0.3 is 14.6 Å². The molecule has 0 fully saturated rings. The van der Waals surface area contributed by atoms with Gasteiger partial charge in [-0.05, 0) is 13.0 Å². The van der Waals surface area contributed by atoms with E-state index < -0.39 is 52.9 Å². The minimum Gasteiger partial charge on any atom is -0.451 e. The highest BCUT2D eigenvalue weighted by atomic mass is 35.5. The fourth-order valence-corrected chi connectivity index (χ4v) is 1.80. The van der Waals surface area contributed by atoms with Gasteiger partial charge in [0, 0.05) is 13.2 Å². The van der Waals surface area contributed by atoms with Crippen molar-refractivity contribution in [3.05, 3.63) is 33.2 Å². The van der Waals surface area contributed by atoms with Gasteiger partial charge in [0.05, 0.1) is 5.56 Å². The molecule has 8 nitrogen and oxygen atoms in total. The molecule has 1 rings (SSSR count). The Hall–Kier alpha value is -2.56. The number of rotatable bonds is 4. The second kappa shape index (κ2) is 8.01. The molecule has 25 heavy (non-hydrogen) atoms. The summed E-state index contributed by atoms with van der Waals surface area (Å²) in [7, 11) is 1.25. The van der Waals surface area contributed by atoms with Crippen LogP contribution < -0.4 is 16.2 Å². The van der Waals surface area contributed by atoms with Gasteiger partial charge in [0.2, 0.25) is 0 Å². The molecule has 1 atom stereocenters. The third-order valence-corrected chi connectivity index (χ3v) is 3.08. The van der Waals surface area contributed by atoms with Crippen LogP contribution in [0.5, 0.6) is 0 Å². The quantitative estimate of drug-likeness (QED) is 0.752. The largest absolute Gasteiger partial charge is 0.451 e. The van der Waals surface area contributed by atoms with E-state index in [-0.39, 0.29) is 0 Å². The van der Waals surface area contributed by atoms with Gasteiger partial charge in [0.15, 0.2) is 6.10 Å². The maximum Gasteiger partial charge on any atom is 0.417 e. The van der Waals surface area contributed by atoms with Gasteiger partial charge in [-0.25, -0.2) is 4.79 Å². The van der Waals surface area contributed by atoms with Gasteiger partial charge in [-0.1, -0.05) is 11.6 Å². The number of carbonyl (C=O) groups is 3. The number of pyridine rings is 1. The maximum absolute atomic E-state index is 12.7. The fraction of sp³-hybridized carbons (Fsp3) is 0.385. The summed E-state index contributed by atoms with van der Waals surface area (Å²) < 4.78 is 43.2. The van der Waals surface area contributed by atoms with Gasteiger partial charge in [0.25, 0.3) is 11.5 Å². The molecule has 1 aromatic rings. The van der Waals surface area contributed by atoms with Gasteiger partial charge >= 0.3 is 18.2 Å². The summed E-state index contributed by atoms with van der Waals surface area (Å²) in [6.07, 6.45) is -5.78. The van der Waals surface area contributed by atoms with E-state index in [1.54, 1.807) is 0 Å². The van der Waals surface area contributed by atoms with Crippen molar-refractivity contribution in [2.45, 2.75) is 25.7 Å². The van der Waals surface area contributed by atoms with Crippen molar-refractivity contribution in [1.82, 2.24) is 15.2 Å². The second-order valence-electron chi connectivity index (χ2n) is 4.71. The van der Waals surface area contributed by atoms with Crippen molar-refractivity contribution in [2.75, 3.05) is 7.05 Å².